The van der Waals surface area contributed by atoms with Gasteiger partial charge in [0.05, 0.1) is 26.0 Å². The third-order valence-electron chi connectivity index (χ3n) is 5.52. The number of hydrogen-bond acceptors (Lipinski definition) is 10. The van der Waals surface area contributed by atoms with Crippen molar-refractivity contribution in [3.63, 3.8) is 0 Å². The molecule has 2 heterocycles. The topological polar surface area (TPSA) is 118 Å². The zero-order chi connectivity index (χ0) is 26.9. The van der Waals surface area contributed by atoms with E-state index >= 15 is 0 Å². The molecule has 0 bridgehead atoms. The van der Waals surface area contributed by atoms with Gasteiger partial charge in [-0.05, 0) is 37.6 Å². The molecule has 0 aliphatic carbocycles. The van der Waals surface area contributed by atoms with Crippen LogP contribution in [0.1, 0.15) is 31.5 Å². The van der Waals surface area contributed by atoms with Crippen LogP contribution in [0.3, 0.4) is 0 Å². The van der Waals surface area contributed by atoms with Crippen molar-refractivity contribution in [2.75, 3.05) is 33.9 Å². The lowest BCUT2D eigenvalue weighted by molar-refractivity contribution is -0.138. The summed E-state index contributed by atoms with van der Waals surface area (Å²) in [4.78, 5) is 22.2. The molecule has 4 rings (SSSR count). The Morgan fingerprint density at radius 1 is 1.08 bits per heavy atom. The van der Waals surface area contributed by atoms with Crippen molar-refractivity contribution in [1.82, 2.24) is 9.97 Å². The van der Waals surface area contributed by atoms with Gasteiger partial charge >= 0.3 is 5.97 Å². The van der Waals surface area contributed by atoms with Crippen LogP contribution in [0, 0.1) is 0 Å². The maximum atomic E-state index is 13.0. The molecule has 1 aliphatic heterocycles. The van der Waals surface area contributed by atoms with Crippen LogP contribution in [-0.4, -0.2) is 55.0 Å². The third-order valence-corrected chi connectivity index (χ3v) is 5.52. The van der Waals surface area contributed by atoms with E-state index in [2.05, 4.69) is 9.97 Å². The minimum Gasteiger partial charge on any atom is -0.496 e. The van der Waals surface area contributed by atoms with Crippen molar-refractivity contribution in [2.24, 2.45) is 0 Å². The molecular formula is C28H30N2O8. The molecule has 10 nitrogen and oxygen atoms in total. The molecule has 38 heavy (non-hydrogen) atoms. The van der Waals surface area contributed by atoms with E-state index < -0.39 is 12.8 Å². The summed E-state index contributed by atoms with van der Waals surface area (Å²) in [6.45, 7) is 4.09. The summed E-state index contributed by atoms with van der Waals surface area (Å²) in [5.41, 5.74) is 2.19. The summed E-state index contributed by atoms with van der Waals surface area (Å²) >= 11 is 0. The number of methoxy groups -OCH3 is 1. The van der Waals surface area contributed by atoms with Crippen LogP contribution in [0.5, 0.6) is 28.9 Å². The van der Waals surface area contributed by atoms with Crippen LogP contribution in [0.4, 0.5) is 0 Å². The maximum absolute atomic E-state index is 13.0. The van der Waals surface area contributed by atoms with Crippen molar-refractivity contribution < 1.29 is 38.3 Å². The van der Waals surface area contributed by atoms with Gasteiger partial charge in [-0.3, -0.25) is 0 Å². The standard InChI is InChI=1S/C28H30N2O8/c1-4-9-35-26-14-21(29-27(30-26)18-7-6-8-22(12-18)36-16-31)11-20(28(32)34-5-2)10-19-13-24-25(38-17-37-24)15-23(19)33-3/h6-8,11-15,31H,4-5,9-10,16-17H2,1-3H3/b20-11-. The highest BCUT2D eigenvalue weighted by Gasteiger charge is 2.21. The SMILES string of the molecule is CCCOc1cc(/C=C(/Cc2cc3c(cc2OC)OCO3)C(=O)OCC)nc(-c2cccc(OCO)c2)n1. The van der Waals surface area contributed by atoms with E-state index in [9.17, 15) is 4.79 Å². The number of fused-ring (bicyclic) bond motifs is 1. The summed E-state index contributed by atoms with van der Waals surface area (Å²) in [6, 6.07) is 12.2. The molecule has 0 unspecified atom stereocenters. The van der Waals surface area contributed by atoms with Gasteiger partial charge in [-0.1, -0.05) is 19.1 Å². The number of aliphatic hydroxyl groups excluding tert-OH is 1. The highest BCUT2D eigenvalue weighted by atomic mass is 16.7. The zero-order valence-corrected chi connectivity index (χ0v) is 21.6. The van der Waals surface area contributed by atoms with Crippen LogP contribution in [0.25, 0.3) is 17.5 Å². The fourth-order valence-electron chi connectivity index (χ4n) is 3.81. The van der Waals surface area contributed by atoms with Gasteiger partial charge in [-0.25, -0.2) is 9.78 Å². The molecular weight excluding hydrogens is 492 g/mol. The summed E-state index contributed by atoms with van der Waals surface area (Å²) in [5, 5.41) is 9.12. The predicted octanol–water partition coefficient (Wildman–Crippen LogP) is 4.19. The van der Waals surface area contributed by atoms with Gasteiger partial charge in [0.1, 0.15) is 11.5 Å². The molecule has 0 amide bonds. The summed E-state index contributed by atoms with van der Waals surface area (Å²) < 4.78 is 32.9. The van der Waals surface area contributed by atoms with Crippen molar-refractivity contribution >= 4 is 12.0 Å². The van der Waals surface area contributed by atoms with E-state index in [0.29, 0.717) is 58.1 Å². The normalized spacial score (nSPS) is 12.3. The number of carbonyl (C=O) groups is 1. The number of nitrogens with zero attached hydrogens (tertiary/aromatic N) is 2. The molecule has 2 aromatic carbocycles. The average molecular weight is 523 g/mol. The van der Waals surface area contributed by atoms with E-state index in [4.69, 9.17) is 33.5 Å². The van der Waals surface area contributed by atoms with E-state index in [1.807, 2.05) is 13.0 Å². The zero-order valence-electron chi connectivity index (χ0n) is 21.6. The number of rotatable bonds is 12. The van der Waals surface area contributed by atoms with Gasteiger partial charge in [-0.15, -0.1) is 0 Å². The Morgan fingerprint density at radius 2 is 1.89 bits per heavy atom. The molecule has 1 N–H and O–H groups in total. The number of ether oxygens (including phenoxy) is 6. The summed E-state index contributed by atoms with van der Waals surface area (Å²) in [7, 11) is 1.55. The van der Waals surface area contributed by atoms with Crippen LogP contribution in [0.15, 0.2) is 48.0 Å². The first kappa shape index (κ1) is 26.7. The Labute approximate surface area is 220 Å². The summed E-state index contributed by atoms with van der Waals surface area (Å²) in [6.07, 6.45) is 2.64. The predicted molar refractivity (Wildman–Crippen MR) is 138 cm³/mol. The smallest absolute Gasteiger partial charge is 0.334 e. The molecule has 0 atom stereocenters. The van der Waals surface area contributed by atoms with Gasteiger partial charge in [0.25, 0.3) is 0 Å². The van der Waals surface area contributed by atoms with Crippen molar-refractivity contribution in [3.8, 4) is 40.3 Å². The second kappa shape index (κ2) is 12.8. The summed E-state index contributed by atoms with van der Waals surface area (Å²) in [5.74, 6) is 2.43. The van der Waals surface area contributed by atoms with E-state index in [-0.39, 0.29) is 19.8 Å². The minimum atomic E-state index is -0.484. The Kier molecular flexibility index (Phi) is 8.99. The Bertz CT molecular complexity index is 1310. The largest absolute Gasteiger partial charge is 0.496 e. The highest BCUT2D eigenvalue weighted by molar-refractivity contribution is 5.94. The molecule has 0 radical (unpaired) electrons. The van der Waals surface area contributed by atoms with Crippen LogP contribution < -0.4 is 23.7 Å². The second-order valence-corrected chi connectivity index (χ2v) is 8.19. The van der Waals surface area contributed by atoms with Gasteiger partial charge in [-0.2, -0.15) is 4.98 Å². The van der Waals surface area contributed by atoms with Gasteiger partial charge in [0, 0.05) is 35.3 Å². The molecule has 0 fully saturated rings. The minimum absolute atomic E-state index is 0.122. The van der Waals surface area contributed by atoms with Crippen LogP contribution in [-0.2, 0) is 16.0 Å². The first-order valence-corrected chi connectivity index (χ1v) is 12.2. The molecule has 1 aliphatic rings. The lowest BCUT2D eigenvalue weighted by Gasteiger charge is -2.13. The lowest BCUT2D eigenvalue weighted by atomic mass is 10.0. The number of aliphatic hydroxyl groups is 1. The first-order valence-electron chi connectivity index (χ1n) is 12.2. The van der Waals surface area contributed by atoms with E-state index in [1.165, 1.54) is 0 Å². The molecule has 0 saturated carbocycles. The Balaban J connectivity index is 1.76. The van der Waals surface area contributed by atoms with Crippen molar-refractivity contribution in [2.45, 2.75) is 26.7 Å². The highest BCUT2D eigenvalue weighted by Crippen LogP contribution is 2.39. The number of carbonyl (C=O) groups excluding carboxylic acids is 1. The fourth-order valence-corrected chi connectivity index (χ4v) is 3.81. The average Bonchev–Trinajstić information content (AvgIpc) is 3.39. The Morgan fingerprint density at radius 3 is 2.63 bits per heavy atom. The molecule has 10 heteroatoms. The molecule has 3 aromatic rings. The first-order chi connectivity index (χ1) is 18.5. The quantitative estimate of drug-likeness (QED) is 0.211. The third kappa shape index (κ3) is 6.51. The second-order valence-electron chi connectivity index (χ2n) is 8.19. The number of esters is 1. The number of hydrogen-bond donors (Lipinski definition) is 1. The Hall–Kier alpha value is -4.31. The van der Waals surface area contributed by atoms with Crippen LogP contribution >= 0.6 is 0 Å². The van der Waals surface area contributed by atoms with Gasteiger partial charge in [0.2, 0.25) is 12.7 Å². The fraction of sp³-hybridized carbons (Fsp3) is 0.321. The lowest BCUT2D eigenvalue weighted by Crippen LogP contribution is -2.11. The van der Waals surface area contributed by atoms with E-state index in [0.717, 1.165) is 12.0 Å². The van der Waals surface area contributed by atoms with Gasteiger partial charge < -0.3 is 33.5 Å². The molecule has 1 aromatic heterocycles. The van der Waals surface area contributed by atoms with Gasteiger partial charge in [0.15, 0.2) is 24.1 Å². The molecule has 200 valence electrons. The van der Waals surface area contributed by atoms with Crippen molar-refractivity contribution in [1.29, 1.82) is 0 Å². The number of aromatic nitrogens is 2. The monoisotopic (exact) mass is 522 g/mol. The molecule has 0 saturated heterocycles. The van der Waals surface area contributed by atoms with Crippen LogP contribution in [0.2, 0.25) is 0 Å². The van der Waals surface area contributed by atoms with Crippen molar-refractivity contribution in [3.05, 3.63) is 59.3 Å². The maximum Gasteiger partial charge on any atom is 0.334 e. The molecule has 0 spiro atoms. The van der Waals surface area contributed by atoms with E-state index in [1.54, 1.807) is 56.5 Å². The number of benzene rings is 2.